The highest BCUT2D eigenvalue weighted by atomic mass is 32.2. The number of hydrogen-bond acceptors (Lipinski definition) is 4. The number of benzene rings is 4. The minimum absolute atomic E-state index is 0.389. The Hall–Kier alpha value is -3.68. The molecule has 0 aliphatic heterocycles. The number of aliphatic hydroxyl groups excluding tert-OH is 1. The summed E-state index contributed by atoms with van der Waals surface area (Å²) in [4.78, 5) is 2.52. The molecule has 0 aliphatic carbocycles. The summed E-state index contributed by atoms with van der Waals surface area (Å²) < 4.78 is 34.9. The van der Waals surface area contributed by atoms with Gasteiger partial charge < -0.3 is 9.84 Å². The lowest BCUT2D eigenvalue weighted by Crippen LogP contribution is -2.27. The SMILES string of the molecule is C/C=C/C(=C\[C@@H](Cc1ccccc1)OC(CC)/C(=C/[C@H](O)Cc1ccccc1)[S@@](=O)c1ccc(C)cc1)[S@@](=O)c1ccc(C)cc1. The third-order valence-electron chi connectivity index (χ3n) is 7.53. The maximum Gasteiger partial charge on any atom is 0.0915 e. The monoisotopic (exact) mass is 652 g/mol. The van der Waals surface area contributed by atoms with Crippen LogP contribution >= 0.6 is 0 Å². The van der Waals surface area contributed by atoms with Gasteiger partial charge in [-0.3, -0.25) is 0 Å². The van der Waals surface area contributed by atoms with E-state index in [0.717, 1.165) is 22.3 Å². The summed E-state index contributed by atoms with van der Waals surface area (Å²) in [5, 5.41) is 11.2. The highest BCUT2D eigenvalue weighted by Gasteiger charge is 2.26. The minimum atomic E-state index is -1.58. The highest BCUT2D eigenvalue weighted by molar-refractivity contribution is 7.89. The molecule has 0 amide bonds. The van der Waals surface area contributed by atoms with Gasteiger partial charge in [0.05, 0.1) is 39.9 Å². The fourth-order valence-corrected chi connectivity index (χ4v) is 7.67. The first-order chi connectivity index (χ1) is 22.3. The van der Waals surface area contributed by atoms with Crippen LogP contribution in [0.15, 0.2) is 153 Å². The number of ether oxygens (including phenoxy) is 1. The Morgan fingerprint density at radius 2 is 1.22 bits per heavy atom. The van der Waals surface area contributed by atoms with E-state index in [-0.39, 0.29) is 0 Å². The van der Waals surface area contributed by atoms with Crippen molar-refractivity contribution in [1.82, 2.24) is 0 Å². The van der Waals surface area contributed by atoms with Crippen molar-refractivity contribution < 1.29 is 18.3 Å². The van der Waals surface area contributed by atoms with Gasteiger partial charge in [-0.15, -0.1) is 0 Å². The van der Waals surface area contributed by atoms with Crippen LogP contribution in [-0.2, 0) is 39.2 Å². The molecule has 0 saturated heterocycles. The number of rotatable bonds is 15. The molecule has 0 aliphatic rings. The Morgan fingerprint density at radius 3 is 1.72 bits per heavy atom. The molecule has 0 aromatic heterocycles. The summed E-state index contributed by atoms with van der Waals surface area (Å²) >= 11 is 0. The lowest BCUT2D eigenvalue weighted by atomic mass is 10.1. The van der Waals surface area contributed by atoms with Crippen LogP contribution in [0.1, 0.15) is 42.5 Å². The van der Waals surface area contributed by atoms with E-state index in [1.165, 1.54) is 0 Å². The molecule has 0 bridgehead atoms. The summed E-state index contributed by atoms with van der Waals surface area (Å²) in [6.45, 7) is 7.90. The third-order valence-corrected chi connectivity index (χ3v) is 10.5. The van der Waals surface area contributed by atoms with E-state index in [0.29, 0.717) is 38.9 Å². The van der Waals surface area contributed by atoms with Crippen molar-refractivity contribution in [2.45, 2.75) is 75.1 Å². The van der Waals surface area contributed by atoms with Crippen molar-refractivity contribution in [2.75, 3.05) is 0 Å². The van der Waals surface area contributed by atoms with Gasteiger partial charge in [0.25, 0.3) is 0 Å². The van der Waals surface area contributed by atoms with E-state index in [4.69, 9.17) is 4.74 Å². The Bertz CT molecular complexity index is 1660. The quantitative estimate of drug-likeness (QED) is 0.131. The van der Waals surface area contributed by atoms with E-state index in [2.05, 4.69) is 0 Å². The maximum absolute atomic E-state index is 14.2. The van der Waals surface area contributed by atoms with Gasteiger partial charge in [0, 0.05) is 32.4 Å². The number of aliphatic hydroxyl groups is 1. The van der Waals surface area contributed by atoms with Crippen LogP contribution < -0.4 is 0 Å². The van der Waals surface area contributed by atoms with Crippen LogP contribution in [0, 0.1) is 13.8 Å². The molecule has 1 N–H and O–H groups in total. The van der Waals surface area contributed by atoms with Gasteiger partial charge in [-0.1, -0.05) is 115 Å². The first kappa shape index (κ1) is 35.2. The molecule has 46 heavy (non-hydrogen) atoms. The number of aryl methyl sites for hydroxylation is 2. The van der Waals surface area contributed by atoms with Crippen molar-refractivity contribution in [3.8, 4) is 0 Å². The molecule has 4 rings (SSSR count). The minimum Gasteiger partial charge on any atom is -0.389 e. The van der Waals surface area contributed by atoms with Gasteiger partial charge in [0.2, 0.25) is 0 Å². The molecule has 240 valence electrons. The highest BCUT2D eigenvalue weighted by Crippen LogP contribution is 2.27. The molecule has 0 saturated carbocycles. The maximum atomic E-state index is 14.2. The Kier molecular flexibility index (Phi) is 13.7. The zero-order valence-corrected chi connectivity index (χ0v) is 28.7. The van der Waals surface area contributed by atoms with Crippen molar-refractivity contribution >= 4 is 21.6 Å². The van der Waals surface area contributed by atoms with Crippen LogP contribution in [0.3, 0.4) is 0 Å². The van der Waals surface area contributed by atoms with E-state index in [1.54, 1.807) is 6.08 Å². The fourth-order valence-electron chi connectivity index (χ4n) is 5.08. The van der Waals surface area contributed by atoms with Crippen LogP contribution in [0.4, 0.5) is 0 Å². The van der Waals surface area contributed by atoms with Crippen LogP contribution in [0.2, 0.25) is 0 Å². The molecule has 6 heteroatoms. The first-order valence-electron chi connectivity index (χ1n) is 15.7. The molecule has 0 heterocycles. The molecular weight excluding hydrogens is 609 g/mol. The Labute approximate surface area is 279 Å². The molecule has 1 unspecified atom stereocenters. The summed E-state index contributed by atoms with van der Waals surface area (Å²) in [5.74, 6) is 0. The van der Waals surface area contributed by atoms with Crippen molar-refractivity contribution in [1.29, 1.82) is 0 Å². The van der Waals surface area contributed by atoms with E-state index < -0.39 is 39.9 Å². The molecule has 5 atom stereocenters. The molecular formula is C40H44O4S2. The van der Waals surface area contributed by atoms with Gasteiger partial charge in [-0.05, 0) is 74.7 Å². The average molecular weight is 653 g/mol. The topological polar surface area (TPSA) is 63.6 Å². The molecule has 4 aromatic rings. The van der Waals surface area contributed by atoms with Gasteiger partial charge in [0.1, 0.15) is 0 Å². The zero-order chi connectivity index (χ0) is 32.9. The predicted molar refractivity (Wildman–Crippen MR) is 191 cm³/mol. The lowest BCUT2D eigenvalue weighted by Gasteiger charge is -2.26. The number of allylic oxidation sites excluding steroid dienone is 2. The second-order valence-corrected chi connectivity index (χ2v) is 14.3. The van der Waals surface area contributed by atoms with E-state index >= 15 is 0 Å². The molecule has 0 fully saturated rings. The zero-order valence-electron chi connectivity index (χ0n) is 27.0. The average Bonchev–Trinajstić information content (AvgIpc) is 3.07. The smallest absolute Gasteiger partial charge is 0.0915 e. The van der Waals surface area contributed by atoms with Crippen LogP contribution in [0.5, 0.6) is 0 Å². The lowest BCUT2D eigenvalue weighted by molar-refractivity contribution is 0.0364. The normalized spacial score (nSPS) is 15.8. The van der Waals surface area contributed by atoms with Crippen molar-refractivity contribution in [3.05, 3.63) is 166 Å². The van der Waals surface area contributed by atoms with Gasteiger partial charge in [-0.25, -0.2) is 8.42 Å². The summed E-state index contributed by atoms with van der Waals surface area (Å²) in [5.41, 5.74) is 4.22. The second kappa shape index (κ2) is 17.9. The number of hydrogen-bond donors (Lipinski definition) is 1. The molecule has 0 radical (unpaired) electrons. The second-order valence-electron chi connectivity index (χ2n) is 11.3. The van der Waals surface area contributed by atoms with Crippen molar-refractivity contribution in [2.24, 2.45) is 0 Å². The van der Waals surface area contributed by atoms with Gasteiger partial charge >= 0.3 is 0 Å². The van der Waals surface area contributed by atoms with E-state index in [1.807, 2.05) is 155 Å². The first-order valence-corrected chi connectivity index (χ1v) is 18.0. The van der Waals surface area contributed by atoms with Crippen LogP contribution in [-0.4, -0.2) is 31.8 Å². The summed E-state index contributed by atoms with van der Waals surface area (Å²) in [6.07, 6.45) is 6.91. The molecule has 0 spiro atoms. The largest absolute Gasteiger partial charge is 0.389 e. The standard InChI is InChI=1S/C40H44O4S2/c1-5-13-38(45(42)36-22-18-30(3)19-23-36)29-35(27-33-16-11-8-12-17-33)44-39(6-2)40(46(43)37-24-20-31(4)21-25-37)28-34(41)26-32-14-9-7-10-15-32/h5,7-25,28-29,34-35,39,41H,6,26-27H2,1-4H3/b13-5+,38-29+,40-28-/t34-,35-,39?,45+,46+/m1/s1. The third kappa shape index (κ3) is 10.4. The Balaban J connectivity index is 1.74. The van der Waals surface area contributed by atoms with E-state index in [9.17, 15) is 13.5 Å². The van der Waals surface area contributed by atoms with Crippen LogP contribution in [0.25, 0.3) is 0 Å². The molecule has 4 nitrogen and oxygen atoms in total. The fraction of sp³-hybridized carbons (Fsp3) is 0.250. The summed E-state index contributed by atoms with van der Waals surface area (Å²) in [7, 11) is -3.00. The van der Waals surface area contributed by atoms with Gasteiger partial charge in [0.15, 0.2) is 0 Å². The summed E-state index contributed by atoms with van der Waals surface area (Å²) in [6, 6.07) is 35.1. The van der Waals surface area contributed by atoms with Crippen molar-refractivity contribution in [3.63, 3.8) is 0 Å². The van der Waals surface area contributed by atoms with Gasteiger partial charge in [-0.2, -0.15) is 0 Å². The molecule has 4 aromatic carbocycles. The Morgan fingerprint density at radius 1 is 0.717 bits per heavy atom. The predicted octanol–water partition coefficient (Wildman–Crippen LogP) is 8.57.